The average Bonchev–Trinajstić information content (AvgIpc) is 2.58. The second-order valence-corrected chi connectivity index (χ2v) is 4.46. The molecule has 4 nitrogen and oxygen atoms in total. The van der Waals surface area contributed by atoms with E-state index in [9.17, 15) is 0 Å². The molecule has 84 valence electrons. The van der Waals surface area contributed by atoms with E-state index < -0.39 is 0 Å². The van der Waals surface area contributed by atoms with E-state index in [2.05, 4.69) is 29.2 Å². The Bertz CT molecular complexity index is 313. The topological polar surface area (TPSA) is 41.3 Å². The summed E-state index contributed by atoms with van der Waals surface area (Å²) in [6, 6.07) is 3.14. The van der Waals surface area contributed by atoms with Gasteiger partial charge in [0.2, 0.25) is 0 Å². The van der Waals surface area contributed by atoms with Crippen molar-refractivity contribution in [3.05, 3.63) is 17.5 Å². The molecule has 1 aliphatic heterocycles. The van der Waals surface area contributed by atoms with E-state index in [-0.39, 0.29) is 0 Å². The molecule has 1 saturated heterocycles. The highest BCUT2D eigenvalue weighted by Crippen LogP contribution is 2.14. The van der Waals surface area contributed by atoms with Crippen molar-refractivity contribution in [2.75, 3.05) is 13.1 Å². The summed E-state index contributed by atoms with van der Waals surface area (Å²) in [5, 5.41) is 7.46. The van der Waals surface area contributed by atoms with Gasteiger partial charge in [0, 0.05) is 37.8 Å². The summed E-state index contributed by atoms with van der Waals surface area (Å²) in [7, 11) is 0. The van der Waals surface area contributed by atoms with Gasteiger partial charge < -0.3 is 9.84 Å². The van der Waals surface area contributed by atoms with Gasteiger partial charge in [-0.25, -0.2) is 0 Å². The molecule has 2 unspecified atom stereocenters. The van der Waals surface area contributed by atoms with Crippen LogP contribution in [0.3, 0.4) is 0 Å². The maximum atomic E-state index is 5.08. The number of rotatable bonds is 2. The molecule has 0 bridgehead atoms. The van der Waals surface area contributed by atoms with Crippen molar-refractivity contribution in [3.63, 3.8) is 0 Å². The highest BCUT2D eigenvalue weighted by atomic mass is 16.5. The first kappa shape index (κ1) is 10.6. The van der Waals surface area contributed by atoms with Crippen LogP contribution in [0.15, 0.2) is 10.6 Å². The lowest BCUT2D eigenvalue weighted by Crippen LogP contribution is -2.54. The predicted octanol–water partition coefficient (Wildman–Crippen LogP) is 1.17. The van der Waals surface area contributed by atoms with Gasteiger partial charge in [-0.3, -0.25) is 4.90 Å². The largest absolute Gasteiger partial charge is 0.361 e. The van der Waals surface area contributed by atoms with E-state index in [1.54, 1.807) is 0 Å². The van der Waals surface area contributed by atoms with Gasteiger partial charge in [0.15, 0.2) is 0 Å². The van der Waals surface area contributed by atoms with Crippen LogP contribution >= 0.6 is 0 Å². The second kappa shape index (κ2) is 4.33. The molecule has 0 saturated carbocycles. The Morgan fingerprint density at radius 3 is 2.67 bits per heavy atom. The van der Waals surface area contributed by atoms with Crippen LogP contribution in [0.1, 0.15) is 25.3 Å². The molecule has 2 atom stereocenters. The average molecular weight is 209 g/mol. The van der Waals surface area contributed by atoms with Crippen molar-refractivity contribution in [2.24, 2.45) is 0 Å². The van der Waals surface area contributed by atoms with Crippen molar-refractivity contribution in [1.82, 2.24) is 15.4 Å². The van der Waals surface area contributed by atoms with Crippen molar-refractivity contribution in [1.29, 1.82) is 0 Å². The first-order valence-corrected chi connectivity index (χ1v) is 5.55. The standard InChI is InChI=1S/C11H19N3O/c1-8-5-12-6-9(2)14(8)7-11-4-10(3)15-13-11/h4,8-9,12H,5-7H2,1-3H3. The Morgan fingerprint density at radius 2 is 2.13 bits per heavy atom. The first-order valence-electron chi connectivity index (χ1n) is 5.55. The first-order chi connectivity index (χ1) is 7.16. The lowest BCUT2D eigenvalue weighted by atomic mass is 10.1. The molecular formula is C11H19N3O. The number of piperazine rings is 1. The third-order valence-corrected chi connectivity index (χ3v) is 3.03. The fourth-order valence-corrected chi connectivity index (χ4v) is 2.16. The summed E-state index contributed by atoms with van der Waals surface area (Å²) >= 11 is 0. The monoisotopic (exact) mass is 209 g/mol. The molecular weight excluding hydrogens is 190 g/mol. The molecule has 2 rings (SSSR count). The van der Waals surface area contributed by atoms with Crippen molar-refractivity contribution in [2.45, 2.75) is 39.4 Å². The molecule has 1 aromatic rings. The van der Waals surface area contributed by atoms with E-state index in [1.807, 2.05) is 13.0 Å². The number of nitrogens with zero attached hydrogens (tertiary/aromatic N) is 2. The molecule has 15 heavy (non-hydrogen) atoms. The zero-order valence-electron chi connectivity index (χ0n) is 9.66. The Kier molecular flexibility index (Phi) is 3.07. The smallest absolute Gasteiger partial charge is 0.133 e. The number of aryl methyl sites for hydroxylation is 1. The highest BCUT2D eigenvalue weighted by Gasteiger charge is 2.24. The molecule has 1 fully saturated rings. The molecule has 1 N–H and O–H groups in total. The van der Waals surface area contributed by atoms with Crippen LogP contribution in [0.25, 0.3) is 0 Å². The van der Waals surface area contributed by atoms with Crippen LogP contribution in [0.5, 0.6) is 0 Å². The summed E-state index contributed by atoms with van der Waals surface area (Å²) in [6.45, 7) is 9.43. The molecule has 4 heteroatoms. The van der Waals surface area contributed by atoms with E-state index in [0.29, 0.717) is 12.1 Å². The van der Waals surface area contributed by atoms with E-state index in [1.165, 1.54) is 0 Å². The van der Waals surface area contributed by atoms with Crippen LogP contribution in [0.2, 0.25) is 0 Å². The van der Waals surface area contributed by atoms with Crippen LogP contribution < -0.4 is 5.32 Å². The van der Waals surface area contributed by atoms with Crippen LogP contribution in [0.4, 0.5) is 0 Å². The molecule has 2 heterocycles. The number of hydrogen-bond donors (Lipinski definition) is 1. The predicted molar refractivity (Wildman–Crippen MR) is 58.6 cm³/mol. The van der Waals surface area contributed by atoms with E-state index in [0.717, 1.165) is 31.1 Å². The van der Waals surface area contributed by atoms with E-state index >= 15 is 0 Å². The molecule has 0 amide bonds. The number of nitrogens with one attached hydrogen (secondary N) is 1. The Morgan fingerprint density at radius 1 is 1.47 bits per heavy atom. The van der Waals surface area contributed by atoms with Crippen LogP contribution in [0, 0.1) is 6.92 Å². The highest BCUT2D eigenvalue weighted by molar-refractivity contribution is 5.04. The zero-order chi connectivity index (χ0) is 10.8. The van der Waals surface area contributed by atoms with Crippen molar-refractivity contribution >= 4 is 0 Å². The Hall–Kier alpha value is -0.870. The third kappa shape index (κ3) is 2.38. The molecule has 1 aliphatic rings. The minimum atomic E-state index is 0.561. The lowest BCUT2D eigenvalue weighted by molar-refractivity contribution is 0.106. The Labute approximate surface area is 90.6 Å². The second-order valence-electron chi connectivity index (χ2n) is 4.46. The zero-order valence-corrected chi connectivity index (χ0v) is 9.66. The fourth-order valence-electron chi connectivity index (χ4n) is 2.16. The molecule has 0 aromatic carbocycles. The summed E-state index contributed by atoms with van der Waals surface area (Å²) < 4.78 is 5.08. The van der Waals surface area contributed by atoms with Gasteiger partial charge in [-0.1, -0.05) is 5.16 Å². The van der Waals surface area contributed by atoms with Gasteiger partial charge in [-0.2, -0.15) is 0 Å². The van der Waals surface area contributed by atoms with Gasteiger partial charge in [-0.15, -0.1) is 0 Å². The maximum absolute atomic E-state index is 5.08. The summed E-state index contributed by atoms with van der Waals surface area (Å²) in [5.41, 5.74) is 1.04. The van der Waals surface area contributed by atoms with Gasteiger partial charge in [0.25, 0.3) is 0 Å². The number of aromatic nitrogens is 1. The van der Waals surface area contributed by atoms with Gasteiger partial charge in [0.05, 0.1) is 5.69 Å². The van der Waals surface area contributed by atoms with Gasteiger partial charge in [0.1, 0.15) is 5.76 Å². The molecule has 0 radical (unpaired) electrons. The minimum absolute atomic E-state index is 0.561. The molecule has 0 aliphatic carbocycles. The van der Waals surface area contributed by atoms with Crippen LogP contribution in [-0.2, 0) is 6.54 Å². The fraction of sp³-hybridized carbons (Fsp3) is 0.727. The SMILES string of the molecule is Cc1cc(CN2C(C)CNCC2C)no1. The summed E-state index contributed by atoms with van der Waals surface area (Å²) in [4.78, 5) is 2.47. The van der Waals surface area contributed by atoms with E-state index in [4.69, 9.17) is 4.52 Å². The van der Waals surface area contributed by atoms with Crippen LogP contribution in [-0.4, -0.2) is 35.2 Å². The quantitative estimate of drug-likeness (QED) is 0.793. The Balaban J connectivity index is 2.03. The lowest BCUT2D eigenvalue weighted by Gasteiger charge is -2.38. The summed E-state index contributed by atoms with van der Waals surface area (Å²) in [6.07, 6.45) is 0. The van der Waals surface area contributed by atoms with Crippen molar-refractivity contribution in [3.8, 4) is 0 Å². The molecule has 0 spiro atoms. The summed E-state index contributed by atoms with van der Waals surface area (Å²) in [5.74, 6) is 0.889. The molecule has 1 aromatic heterocycles. The number of hydrogen-bond acceptors (Lipinski definition) is 4. The van der Waals surface area contributed by atoms with Gasteiger partial charge >= 0.3 is 0 Å². The maximum Gasteiger partial charge on any atom is 0.133 e. The van der Waals surface area contributed by atoms with Gasteiger partial charge in [-0.05, 0) is 20.8 Å². The third-order valence-electron chi connectivity index (χ3n) is 3.03. The van der Waals surface area contributed by atoms with Crippen molar-refractivity contribution < 1.29 is 4.52 Å². The normalized spacial score (nSPS) is 28.2. The minimum Gasteiger partial charge on any atom is -0.361 e.